The highest BCUT2D eigenvalue weighted by Gasteiger charge is 2.19. The average molecular weight is 353 g/mol. The Kier molecular flexibility index (Phi) is 19.5. The first-order valence-electron chi connectivity index (χ1n) is 9.15. The standard InChI is InChI=1S/C10H16.C6H12.C6H6.C4H6/c1-6-7(2)9(4)10(5)8(6)3;1-5(2)6(3)4;1-3-5-6-4-2;1-3-4-2/h6H,1-5H3;1-4H3;1-2H3;1-2H3. The Bertz CT molecular complexity index is 620. The highest BCUT2D eigenvalue weighted by molar-refractivity contribution is 5.45. The van der Waals surface area contributed by atoms with Crippen molar-refractivity contribution >= 4 is 0 Å². The lowest BCUT2D eigenvalue weighted by molar-refractivity contribution is 0.815. The monoisotopic (exact) mass is 352 g/mol. The zero-order valence-corrected chi connectivity index (χ0v) is 19.6. The molecule has 0 nitrogen and oxygen atoms in total. The fraction of sp³-hybridized carbons (Fsp3) is 0.538. The number of allylic oxidation sites excluding steroid dienone is 6. The molecule has 1 aliphatic rings. The van der Waals surface area contributed by atoms with E-state index in [1.807, 2.05) is 13.8 Å². The maximum absolute atomic E-state index is 2.68. The second kappa shape index (κ2) is 17.7. The van der Waals surface area contributed by atoms with Crippen LogP contribution in [0.3, 0.4) is 0 Å². The molecule has 26 heavy (non-hydrogen) atoms. The molecule has 0 radical (unpaired) electrons. The van der Waals surface area contributed by atoms with E-state index in [1.165, 1.54) is 22.3 Å². The van der Waals surface area contributed by atoms with E-state index in [1.54, 1.807) is 25.0 Å². The molecular weight excluding hydrogens is 312 g/mol. The summed E-state index contributed by atoms with van der Waals surface area (Å²) >= 11 is 0. The van der Waals surface area contributed by atoms with Crippen molar-refractivity contribution in [3.8, 4) is 35.5 Å². The third-order valence-corrected chi connectivity index (χ3v) is 4.61. The van der Waals surface area contributed by atoms with Crippen molar-refractivity contribution in [3.05, 3.63) is 33.4 Å². The summed E-state index contributed by atoms with van der Waals surface area (Å²) in [6.07, 6.45) is 0. The predicted octanol–water partition coefficient (Wildman–Crippen LogP) is 7.73. The predicted molar refractivity (Wildman–Crippen MR) is 122 cm³/mol. The first kappa shape index (κ1) is 28.7. The molecule has 0 heteroatoms. The summed E-state index contributed by atoms with van der Waals surface area (Å²) in [5.74, 6) is 16.5. The van der Waals surface area contributed by atoms with Crippen LogP contribution in [0.25, 0.3) is 0 Å². The Hall–Kier alpha value is -2.10. The van der Waals surface area contributed by atoms with Crippen molar-refractivity contribution < 1.29 is 0 Å². The van der Waals surface area contributed by atoms with E-state index in [-0.39, 0.29) is 0 Å². The van der Waals surface area contributed by atoms with Gasteiger partial charge in [-0.1, -0.05) is 41.1 Å². The van der Waals surface area contributed by atoms with Gasteiger partial charge in [-0.15, -0.1) is 11.8 Å². The molecule has 0 aliphatic heterocycles. The molecule has 1 aliphatic carbocycles. The van der Waals surface area contributed by atoms with Gasteiger partial charge in [0.25, 0.3) is 0 Å². The van der Waals surface area contributed by atoms with Crippen LogP contribution in [-0.4, -0.2) is 0 Å². The van der Waals surface area contributed by atoms with E-state index >= 15 is 0 Å². The normalized spacial score (nSPS) is 11.4. The lowest BCUT2D eigenvalue weighted by Gasteiger charge is -2.05. The lowest BCUT2D eigenvalue weighted by atomic mass is 10.00. The van der Waals surface area contributed by atoms with Gasteiger partial charge in [0.1, 0.15) is 0 Å². The zero-order valence-electron chi connectivity index (χ0n) is 19.6. The summed E-state index contributed by atoms with van der Waals surface area (Å²) < 4.78 is 0. The molecule has 0 saturated carbocycles. The second-order valence-electron chi connectivity index (χ2n) is 6.59. The zero-order chi connectivity index (χ0) is 21.3. The minimum Gasteiger partial charge on any atom is -0.107 e. The first-order valence-corrected chi connectivity index (χ1v) is 9.15. The van der Waals surface area contributed by atoms with Crippen LogP contribution in [0.15, 0.2) is 33.4 Å². The topological polar surface area (TPSA) is 0 Å². The number of hydrogen-bond donors (Lipinski definition) is 0. The van der Waals surface area contributed by atoms with Crippen molar-refractivity contribution in [2.24, 2.45) is 5.92 Å². The third-order valence-electron chi connectivity index (χ3n) is 4.61. The smallest absolute Gasteiger partial charge is 0.00153 e. The van der Waals surface area contributed by atoms with Crippen molar-refractivity contribution in [2.45, 2.75) is 90.0 Å². The molecule has 0 aromatic carbocycles. The van der Waals surface area contributed by atoms with Crippen LogP contribution in [0.1, 0.15) is 90.0 Å². The van der Waals surface area contributed by atoms with Gasteiger partial charge in [0, 0.05) is 0 Å². The average Bonchev–Trinajstić information content (AvgIpc) is 2.79. The van der Waals surface area contributed by atoms with Crippen molar-refractivity contribution in [1.29, 1.82) is 0 Å². The molecule has 0 amide bonds. The van der Waals surface area contributed by atoms with Gasteiger partial charge in [0.05, 0.1) is 0 Å². The van der Waals surface area contributed by atoms with Crippen molar-refractivity contribution in [1.82, 2.24) is 0 Å². The molecule has 0 aromatic rings. The maximum atomic E-state index is 2.68. The fourth-order valence-electron chi connectivity index (χ4n) is 1.69. The van der Waals surface area contributed by atoms with E-state index in [9.17, 15) is 0 Å². The molecule has 0 saturated heterocycles. The summed E-state index contributed by atoms with van der Waals surface area (Å²) in [5, 5.41) is 0. The van der Waals surface area contributed by atoms with Gasteiger partial charge in [-0.2, -0.15) is 0 Å². The molecular formula is C26H40. The lowest BCUT2D eigenvalue weighted by Crippen LogP contribution is -1.92. The van der Waals surface area contributed by atoms with Gasteiger partial charge in [0.2, 0.25) is 0 Å². The number of rotatable bonds is 0. The van der Waals surface area contributed by atoms with Gasteiger partial charge >= 0.3 is 0 Å². The van der Waals surface area contributed by atoms with Crippen LogP contribution in [-0.2, 0) is 0 Å². The molecule has 0 atom stereocenters. The van der Waals surface area contributed by atoms with Gasteiger partial charge < -0.3 is 0 Å². The van der Waals surface area contributed by atoms with Crippen molar-refractivity contribution in [2.75, 3.05) is 0 Å². The van der Waals surface area contributed by atoms with Gasteiger partial charge in [0.15, 0.2) is 0 Å². The van der Waals surface area contributed by atoms with Crippen LogP contribution in [0.5, 0.6) is 0 Å². The van der Waals surface area contributed by atoms with Gasteiger partial charge in [-0.05, 0) is 112 Å². The molecule has 0 bridgehead atoms. The minimum absolute atomic E-state index is 0.694. The van der Waals surface area contributed by atoms with E-state index in [2.05, 4.69) is 97.8 Å². The van der Waals surface area contributed by atoms with Gasteiger partial charge in [-0.3, -0.25) is 0 Å². The van der Waals surface area contributed by atoms with E-state index in [0.717, 1.165) is 0 Å². The molecule has 0 N–H and O–H groups in total. The van der Waals surface area contributed by atoms with Crippen LogP contribution in [0.2, 0.25) is 0 Å². The van der Waals surface area contributed by atoms with E-state index in [0.29, 0.717) is 5.92 Å². The first-order chi connectivity index (χ1) is 12.0. The summed E-state index contributed by atoms with van der Waals surface area (Å²) in [6.45, 7) is 26.9. The molecule has 0 aromatic heterocycles. The van der Waals surface area contributed by atoms with Crippen LogP contribution in [0.4, 0.5) is 0 Å². The van der Waals surface area contributed by atoms with Crippen LogP contribution in [0, 0.1) is 41.4 Å². The van der Waals surface area contributed by atoms with E-state index in [4.69, 9.17) is 0 Å². The molecule has 0 heterocycles. The van der Waals surface area contributed by atoms with Crippen LogP contribution < -0.4 is 0 Å². The Morgan fingerprint density at radius 2 is 0.846 bits per heavy atom. The summed E-state index contributed by atoms with van der Waals surface area (Å²) in [6, 6.07) is 0. The third kappa shape index (κ3) is 14.3. The molecule has 0 spiro atoms. The Labute approximate surface area is 165 Å². The Balaban J connectivity index is -0.000000290. The molecule has 144 valence electrons. The summed E-state index contributed by atoms with van der Waals surface area (Å²) in [5.41, 5.74) is 8.96. The van der Waals surface area contributed by atoms with Crippen LogP contribution >= 0.6 is 0 Å². The molecule has 1 rings (SSSR count). The largest absolute Gasteiger partial charge is 0.107 e. The minimum atomic E-state index is 0.694. The fourth-order valence-corrected chi connectivity index (χ4v) is 1.69. The second-order valence-corrected chi connectivity index (χ2v) is 6.59. The SMILES string of the molecule is CC#CC.CC#CC#CC.CC(C)=C(C)C.CC1=C(C)C(C)C(C)=C1C. The van der Waals surface area contributed by atoms with Gasteiger partial charge in [-0.25, -0.2) is 0 Å². The van der Waals surface area contributed by atoms with E-state index < -0.39 is 0 Å². The Morgan fingerprint density at radius 1 is 0.577 bits per heavy atom. The number of hydrogen-bond acceptors (Lipinski definition) is 0. The molecule has 0 fully saturated rings. The maximum Gasteiger partial charge on any atom is -0.00153 e. The van der Waals surface area contributed by atoms with Crippen molar-refractivity contribution in [3.63, 3.8) is 0 Å². The highest BCUT2D eigenvalue weighted by atomic mass is 14.2. The summed E-state index contributed by atoms with van der Waals surface area (Å²) in [4.78, 5) is 0. The quantitative estimate of drug-likeness (QED) is 0.309. The Morgan fingerprint density at radius 3 is 0.923 bits per heavy atom. The molecule has 0 unspecified atom stereocenters. The summed E-state index contributed by atoms with van der Waals surface area (Å²) in [7, 11) is 0. The highest BCUT2D eigenvalue weighted by Crippen LogP contribution is 2.35.